The Morgan fingerprint density at radius 1 is 1.42 bits per heavy atom. The van der Waals surface area contributed by atoms with E-state index in [2.05, 4.69) is 22.6 Å². The first-order chi connectivity index (χ1) is 8.99. The van der Waals surface area contributed by atoms with Crippen LogP contribution in [0.25, 0.3) is 0 Å². The lowest BCUT2D eigenvalue weighted by atomic mass is 9.97. The molecule has 4 nitrogen and oxygen atoms in total. The van der Waals surface area contributed by atoms with Crippen molar-refractivity contribution in [2.75, 3.05) is 13.1 Å². The Balaban J connectivity index is 2.19. The smallest absolute Gasteiger partial charge is 0.308 e. The van der Waals surface area contributed by atoms with Gasteiger partial charge >= 0.3 is 5.97 Å². The summed E-state index contributed by atoms with van der Waals surface area (Å²) in [5.74, 6) is -1.44. The van der Waals surface area contributed by atoms with Crippen LogP contribution in [0.4, 0.5) is 0 Å². The third kappa shape index (κ3) is 3.39. The molecule has 1 amide bonds. The maximum absolute atomic E-state index is 12.4. The summed E-state index contributed by atoms with van der Waals surface area (Å²) in [7, 11) is 0. The highest BCUT2D eigenvalue weighted by Crippen LogP contribution is 2.23. The third-order valence-electron chi connectivity index (χ3n) is 3.22. The van der Waals surface area contributed by atoms with E-state index in [1.165, 1.54) is 0 Å². The number of carbonyl (C=O) groups excluding carboxylic acids is 1. The van der Waals surface area contributed by atoms with Gasteiger partial charge in [-0.15, -0.1) is 0 Å². The molecule has 1 aliphatic heterocycles. The monoisotopic (exact) mass is 393 g/mol. The molecule has 0 radical (unpaired) electrons. The zero-order chi connectivity index (χ0) is 14.0. The van der Waals surface area contributed by atoms with Gasteiger partial charge in [0.25, 0.3) is 5.91 Å². The van der Waals surface area contributed by atoms with E-state index in [4.69, 9.17) is 16.7 Å². The molecule has 0 spiro atoms. The van der Waals surface area contributed by atoms with Gasteiger partial charge in [0.1, 0.15) is 0 Å². The van der Waals surface area contributed by atoms with Crippen LogP contribution in [0.1, 0.15) is 23.2 Å². The Kier molecular flexibility index (Phi) is 4.67. The number of nitrogens with zero attached hydrogens (tertiary/aromatic N) is 1. The molecule has 0 bridgehead atoms. The Labute approximate surface area is 129 Å². The molecule has 1 saturated heterocycles. The molecule has 2 rings (SSSR count). The van der Waals surface area contributed by atoms with Crippen LogP contribution in [-0.4, -0.2) is 35.0 Å². The average molecular weight is 394 g/mol. The van der Waals surface area contributed by atoms with Crippen LogP contribution in [-0.2, 0) is 4.79 Å². The number of rotatable bonds is 2. The Bertz CT molecular complexity index is 521. The number of piperidine rings is 1. The second-order valence-corrected chi connectivity index (χ2v) is 6.15. The maximum atomic E-state index is 12.4. The zero-order valence-electron chi connectivity index (χ0n) is 10.1. The highest BCUT2D eigenvalue weighted by atomic mass is 127. The van der Waals surface area contributed by atoms with Crippen LogP contribution in [0.3, 0.4) is 0 Å². The first-order valence-corrected chi connectivity index (χ1v) is 7.42. The number of hydrogen-bond acceptors (Lipinski definition) is 2. The van der Waals surface area contributed by atoms with E-state index in [-0.39, 0.29) is 12.5 Å². The highest BCUT2D eigenvalue weighted by Gasteiger charge is 2.29. The molecule has 1 aromatic rings. The standard InChI is InChI=1S/C13H13ClINO3/c14-9-3-4-11(15)10(6-9)12(17)16-5-1-2-8(7-16)13(18)19/h3-4,6,8H,1-2,5,7H2,(H,18,19). The largest absolute Gasteiger partial charge is 0.481 e. The lowest BCUT2D eigenvalue weighted by Crippen LogP contribution is -2.42. The summed E-state index contributed by atoms with van der Waals surface area (Å²) in [5, 5.41) is 9.56. The van der Waals surface area contributed by atoms with Crippen LogP contribution < -0.4 is 0 Å². The van der Waals surface area contributed by atoms with Gasteiger partial charge in [-0.3, -0.25) is 9.59 Å². The molecule has 1 aromatic carbocycles. The van der Waals surface area contributed by atoms with Crippen LogP contribution in [0.5, 0.6) is 0 Å². The molecule has 0 aromatic heterocycles. The molecule has 0 aliphatic carbocycles. The number of hydrogen-bond donors (Lipinski definition) is 1. The quantitative estimate of drug-likeness (QED) is 0.786. The van der Waals surface area contributed by atoms with Crippen LogP contribution >= 0.6 is 34.2 Å². The molecular weight excluding hydrogens is 381 g/mol. The van der Waals surface area contributed by atoms with Crippen molar-refractivity contribution in [3.63, 3.8) is 0 Å². The summed E-state index contributed by atoms with van der Waals surface area (Å²) in [5.41, 5.74) is 0.541. The second kappa shape index (κ2) is 6.09. The minimum Gasteiger partial charge on any atom is -0.481 e. The summed E-state index contributed by atoms with van der Waals surface area (Å²) in [4.78, 5) is 25.0. The van der Waals surface area contributed by atoms with Gasteiger partial charge in [-0.25, -0.2) is 0 Å². The molecule has 1 unspecified atom stereocenters. The third-order valence-corrected chi connectivity index (χ3v) is 4.39. The SMILES string of the molecule is O=C(O)C1CCCN(C(=O)c2cc(Cl)ccc2I)C1. The lowest BCUT2D eigenvalue weighted by molar-refractivity contribution is -0.143. The molecule has 102 valence electrons. The Morgan fingerprint density at radius 3 is 2.84 bits per heavy atom. The van der Waals surface area contributed by atoms with E-state index in [9.17, 15) is 9.59 Å². The first-order valence-electron chi connectivity index (χ1n) is 5.96. The number of carboxylic acid groups (broad SMARTS) is 1. The number of halogens is 2. The van der Waals surface area contributed by atoms with E-state index in [1.54, 1.807) is 23.1 Å². The van der Waals surface area contributed by atoms with Crippen molar-refractivity contribution in [2.24, 2.45) is 5.92 Å². The summed E-state index contributed by atoms with van der Waals surface area (Å²) in [6.45, 7) is 0.877. The summed E-state index contributed by atoms with van der Waals surface area (Å²) >= 11 is 8.00. The van der Waals surface area contributed by atoms with Crippen molar-refractivity contribution in [1.29, 1.82) is 0 Å². The van der Waals surface area contributed by atoms with Crippen molar-refractivity contribution in [3.8, 4) is 0 Å². The van der Waals surface area contributed by atoms with E-state index < -0.39 is 11.9 Å². The van der Waals surface area contributed by atoms with Crippen molar-refractivity contribution in [1.82, 2.24) is 4.90 Å². The summed E-state index contributed by atoms with van der Waals surface area (Å²) < 4.78 is 0.824. The van der Waals surface area contributed by atoms with Gasteiger partial charge in [0.05, 0.1) is 11.5 Å². The molecule has 1 aliphatic rings. The van der Waals surface area contributed by atoms with Crippen molar-refractivity contribution in [3.05, 3.63) is 32.4 Å². The molecule has 6 heteroatoms. The number of carbonyl (C=O) groups is 2. The molecular formula is C13H13ClINO3. The number of likely N-dealkylation sites (tertiary alicyclic amines) is 1. The maximum Gasteiger partial charge on any atom is 0.308 e. The minimum atomic E-state index is -0.835. The van der Waals surface area contributed by atoms with E-state index in [1.807, 2.05) is 0 Å². The predicted octanol–water partition coefficient (Wildman–Crippen LogP) is 2.88. The normalized spacial score (nSPS) is 19.3. The van der Waals surface area contributed by atoms with Crippen LogP contribution in [0, 0.1) is 9.49 Å². The van der Waals surface area contributed by atoms with E-state index in [0.29, 0.717) is 23.6 Å². The van der Waals surface area contributed by atoms with Gasteiger partial charge in [-0.2, -0.15) is 0 Å². The van der Waals surface area contributed by atoms with Gasteiger partial charge in [0, 0.05) is 21.7 Å². The fraction of sp³-hybridized carbons (Fsp3) is 0.385. The molecule has 1 atom stereocenters. The Morgan fingerprint density at radius 2 is 2.16 bits per heavy atom. The van der Waals surface area contributed by atoms with E-state index >= 15 is 0 Å². The molecule has 1 heterocycles. The fourth-order valence-electron chi connectivity index (χ4n) is 2.19. The van der Waals surface area contributed by atoms with Crippen LogP contribution in [0.2, 0.25) is 5.02 Å². The van der Waals surface area contributed by atoms with Gasteiger partial charge < -0.3 is 10.0 Å². The molecule has 19 heavy (non-hydrogen) atoms. The second-order valence-electron chi connectivity index (χ2n) is 4.55. The fourth-order valence-corrected chi connectivity index (χ4v) is 2.93. The molecule has 1 N–H and O–H groups in total. The summed E-state index contributed by atoms with van der Waals surface area (Å²) in [6, 6.07) is 5.15. The molecule has 1 fully saturated rings. The Hall–Kier alpha value is -0.820. The number of benzene rings is 1. The highest BCUT2D eigenvalue weighted by molar-refractivity contribution is 14.1. The predicted molar refractivity (Wildman–Crippen MR) is 80.4 cm³/mol. The van der Waals surface area contributed by atoms with E-state index in [0.717, 1.165) is 9.99 Å². The zero-order valence-corrected chi connectivity index (χ0v) is 13.0. The van der Waals surface area contributed by atoms with Gasteiger partial charge in [0.15, 0.2) is 0 Å². The lowest BCUT2D eigenvalue weighted by Gasteiger charge is -2.31. The first kappa shape index (κ1) is 14.6. The minimum absolute atomic E-state index is 0.141. The topological polar surface area (TPSA) is 57.6 Å². The van der Waals surface area contributed by atoms with Gasteiger partial charge in [-0.05, 0) is 53.6 Å². The number of carboxylic acids is 1. The van der Waals surface area contributed by atoms with Crippen molar-refractivity contribution in [2.45, 2.75) is 12.8 Å². The van der Waals surface area contributed by atoms with Crippen molar-refractivity contribution >= 4 is 46.1 Å². The van der Waals surface area contributed by atoms with Crippen molar-refractivity contribution < 1.29 is 14.7 Å². The number of aliphatic carboxylic acids is 1. The van der Waals surface area contributed by atoms with Crippen LogP contribution in [0.15, 0.2) is 18.2 Å². The molecule has 0 saturated carbocycles. The average Bonchev–Trinajstić information content (AvgIpc) is 2.41. The van der Waals surface area contributed by atoms with Gasteiger partial charge in [0.2, 0.25) is 0 Å². The summed E-state index contributed by atoms with van der Waals surface area (Å²) in [6.07, 6.45) is 1.35. The van der Waals surface area contributed by atoms with Gasteiger partial charge in [-0.1, -0.05) is 11.6 Å². The number of amides is 1.